The summed E-state index contributed by atoms with van der Waals surface area (Å²) < 4.78 is 7.82. The van der Waals surface area contributed by atoms with E-state index in [9.17, 15) is 4.79 Å². The molecule has 1 aliphatic rings. The molecule has 0 spiro atoms. The second-order valence-corrected chi connectivity index (χ2v) is 10.5. The van der Waals surface area contributed by atoms with Gasteiger partial charge >= 0.3 is 0 Å². The third-order valence-corrected chi connectivity index (χ3v) is 6.01. The van der Waals surface area contributed by atoms with Gasteiger partial charge in [-0.3, -0.25) is 9.48 Å². The lowest BCUT2D eigenvalue weighted by molar-refractivity contribution is -0.157. The molecule has 3 aromatic rings. The van der Waals surface area contributed by atoms with E-state index < -0.39 is 0 Å². The van der Waals surface area contributed by atoms with Crippen molar-refractivity contribution in [2.75, 3.05) is 18.4 Å². The Hall–Kier alpha value is -3.26. The lowest BCUT2D eigenvalue weighted by atomic mass is 9.99. The number of nitrogens with one attached hydrogen (secondary N) is 1. The van der Waals surface area contributed by atoms with Crippen LogP contribution in [0.1, 0.15) is 58.2 Å². The van der Waals surface area contributed by atoms with Crippen molar-refractivity contribution in [3.63, 3.8) is 0 Å². The topological polar surface area (TPSA) is 85.2 Å². The number of carbonyl (C=O) groups is 1. The zero-order valence-electron chi connectivity index (χ0n) is 21.6. The first-order valence-corrected chi connectivity index (χ1v) is 12.3. The molecule has 0 aliphatic carbocycles. The van der Waals surface area contributed by atoms with Crippen molar-refractivity contribution in [1.82, 2.24) is 24.6 Å². The molecule has 1 fully saturated rings. The van der Waals surface area contributed by atoms with E-state index in [2.05, 4.69) is 59.4 Å². The molecule has 1 aromatic carbocycles. The minimum atomic E-state index is -0.170. The molecule has 4 rings (SSSR count). The normalized spacial score (nSPS) is 14.3. The molecule has 0 bridgehead atoms. The molecule has 0 radical (unpaired) electrons. The van der Waals surface area contributed by atoms with Gasteiger partial charge in [-0.2, -0.15) is 5.10 Å². The van der Waals surface area contributed by atoms with Crippen molar-refractivity contribution >= 4 is 17.5 Å². The summed E-state index contributed by atoms with van der Waals surface area (Å²) >= 11 is 0. The van der Waals surface area contributed by atoms with E-state index in [0.29, 0.717) is 31.5 Å². The molecular formula is C27H36N6O2. The van der Waals surface area contributed by atoms with Gasteiger partial charge in [0.2, 0.25) is 11.9 Å². The third kappa shape index (κ3) is 6.45. The van der Waals surface area contributed by atoms with Crippen LogP contribution in [0.25, 0.3) is 11.3 Å². The molecule has 3 heterocycles. The summed E-state index contributed by atoms with van der Waals surface area (Å²) in [6.07, 6.45) is 6.85. The van der Waals surface area contributed by atoms with Crippen LogP contribution in [-0.2, 0) is 16.0 Å². The highest BCUT2D eigenvalue weighted by atomic mass is 16.5. The van der Waals surface area contributed by atoms with Crippen molar-refractivity contribution in [3.8, 4) is 11.3 Å². The zero-order chi connectivity index (χ0) is 25.2. The monoisotopic (exact) mass is 476 g/mol. The zero-order valence-corrected chi connectivity index (χ0v) is 21.6. The van der Waals surface area contributed by atoms with E-state index in [1.807, 2.05) is 42.6 Å². The van der Waals surface area contributed by atoms with E-state index in [1.54, 1.807) is 12.4 Å². The smallest absolute Gasteiger partial charge is 0.227 e. The van der Waals surface area contributed by atoms with Gasteiger partial charge in [-0.15, -0.1) is 0 Å². The molecule has 8 heteroatoms. The number of rotatable bonds is 8. The number of ether oxygens (including phenoxy) is 1. The molecule has 0 saturated carbocycles. The fraction of sp³-hybridized carbons (Fsp3) is 0.481. The minimum Gasteiger partial charge on any atom is -0.369 e. The summed E-state index contributed by atoms with van der Waals surface area (Å²) in [6.45, 7) is 13.8. The largest absolute Gasteiger partial charge is 0.369 e. The Morgan fingerprint density at radius 1 is 1.23 bits per heavy atom. The molecule has 8 nitrogen and oxygen atoms in total. The SMILES string of the molecule is Cc1cc(-c2ccnc(Nc3cnn(C(C)C)c3)n2)ccc1CCC(=O)N1CC(OC(C)(C)C)C1. The maximum Gasteiger partial charge on any atom is 0.227 e. The van der Waals surface area contributed by atoms with E-state index in [4.69, 9.17) is 4.74 Å². The molecule has 1 aliphatic heterocycles. The molecule has 1 saturated heterocycles. The van der Waals surface area contributed by atoms with Crippen LogP contribution in [0, 0.1) is 6.92 Å². The quantitative estimate of drug-likeness (QED) is 0.496. The average Bonchev–Trinajstić information content (AvgIpc) is 3.23. The van der Waals surface area contributed by atoms with E-state index in [0.717, 1.165) is 28.9 Å². The Morgan fingerprint density at radius 3 is 2.66 bits per heavy atom. The van der Waals surface area contributed by atoms with Crippen LogP contribution in [-0.4, -0.2) is 55.4 Å². The summed E-state index contributed by atoms with van der Waals surface area (Å²) in [6, 6.07) is 8.48. The fourth-order valence-corrected chi connectivity index (χ4v) is 4.15. The number of hydrogen-bond acceptors (Lipinski definition) is 6. The average molecular weight is 477 g/mol. The number of amides is 1. The van der Waals surface area contributed by atoms with Gasteiger partial charge in [0.1, 0.15) is 0 Å². The van der Waals surface area contributed by atoms with Crippen molar-refractivity contribution in [2.24, 2.45) is 0 Å². The maximum absolute atomic E-state index is 12.6. The van der Waals surface area contributed by atoms with Gasteiger partial charge in [0.05, 0.1) is 29.3 Å². The Balaban J connectivity index is 1.34. The lowest BCUT2D eigenvalue weighted by Gasteiger charge is -2.42. The summed E-state index contributed by atoms with van der Waals surface area (Å²) in [7, 11) is 0. The first kappa shape index (κ1) is 24.9. The summed E-state index contributed by atoms with van der Waals surface area (Å²) in [5.74, 6) is 0.718. The number of aromatic nitrogens is 4. The highest BCUT2D eigenvalue weighted by molar-refractivity contribution is 5.77. The Labute approximate surface area is 207 Å². The molecule has 2 aromatic heterocycles. The predicted molar refractivity (Wildman–Crippen MR) is 138 cm³/mol. The lowest BCUT2D eigenvalue weighted by Crippen LogP contribution is -2.56. The first-order chi connectivity index (χ1) is 16.6. The molecule has 1 amide bonds. The number of hydrogen-bond donors (Lipinski definition) is 1. The van der Waals surface area contributed by atoms with E-state index >= 15 is 0 Å². The van der Waals surface area contributed by atoms with Gasteiger partial charge in [-0.05, 0) is 71.2 Å². The van der Waals surface area contributed by atoms with Crippen molar-refractivity contribution in [3.05, 3.63) is 54.0 Å². The summed E-state index contributed by atoms with van der Waals surface area (Å²) in [4.78, 5) is 23.5. The second kappa shape index (κ2) is 10.2. The standard InChI is InChI=1S/C27H36N6O2/c1-18(2)33-15-22(14-29-33)30-26-28-12-11-24(31-26)21-8-7-20(19(3)13-21)9-10-25(34)32-16-23(17-32)35-27(4,5)6/h7-8,11-15,18,23H,9-10,16-17H2,1-6H3,(H,28,30,31). The van der Waals surface area contributed by atoms with Crippen molar-refractivity contribution in [2.45, 2.75) is 72.1 Å². The van der Waals surface area contributed by atoms with Crippen LogP contribution >= 0.6 is 0 Å². The van der Waals surface area contributed by atoms with Crippen LogP contribution in [0.2, 0.25) is 0 Å². The van der Waals surface area contributed by atoms with Gasteiger partial charge in [0.15, 0.2) is 0 Å². The Kier molecular flexibility index (Phi) is 7.21. The van der Waals surface area contributed by atoms with Crippen LogP contribution in [0.15, 0.2) is 42.9 Å². The number of aryl methyl sites for hydroxylation is 2. The summed E-state index contributed by atoms with van der Waals surface area (Å²) in [5, 5.41) is 7.57. The van der Waals surface area contributed by atoms with Gasteiger partial charge in [0, 0.05) is 43.5 Å². The van der Waals surface area contributed by atoms with Gasteiger partial charge in [-0.25, -0.2) is 9.97 Å². The number of likely N-dealkylation sites (tertiary alicyclic amines) is 1. The van der Waals surface area contributed by atoms with Gasteiger partial charge in [-0.1, -0.05) is 12.1 Å². The molecule has 35 heavy (non-hydrogen) atoms. The number of anilines is 2. The van der Waals surface area contributed by atoms with Gasteiger partial charge < -0.3 is 15.0 Å². The van der Waals surface area contributed by atoms with E-state index in [1.165, 1.54) is 5.56 Å². The van der Waals surface area contributed by atoms with Crippen LogP contribution < -0.4 is 5.32 Å². The molecular weight excluding hydrogens is 440 g/mol. The van der Waals surface area contributed by atoms with Crippen LogP contribution in [0.4, 0.5) is 11.6 Å². The molecule has 0 unspecified atom stereocenters. The highest BCUT2D eigenvalue weighted by Gasteiger charge is 2.33. The minimum absolute atomic E-state index is 0.151. The predicted octanol–water partition coefficient (Wildman–Crippen LogP) is 4.93. The summed E-state index contributed by atoms with van der Waals surface area (Å²) in [5.41, 5.74) is 4.87. The number of benzene rings is 1. The Bertz CT molecular complexity index is 1170. The molecule has 186 valence electrons. The Morgan fingerprint density at radius 2 is 2.00 bits per heavy atom. The van der Waals surface area contributed by atoms with E-state index in [-0.39, 0.29) is 17.6 Å². The van der Waals surface area contributed by atoms with Crippen LogP contribution in [0.3, 0.4) is 0 Å². The first-order valence-electron chi connectivity index (χ1n) is 12.3. The molecule has 0 atom stereocenters. The number of nitrogens with zero attached hydrogens (tertiary/aromatic N) is 5. The third-order valence-electron chi connectivity index (χ3n) is 6.01. The van der Waals surface area contributed by atoms with Gasteiger partial charge in [0.25, 0.3) is 0 Å². The number of carbonyl (C=O) groups excluding carboxylic acids is 1. The fourth-order valence-electron chi connectivity index (χ4n) is 4.15. The van der Waals surface area contributed by atoms with Crippen molar-refractivity contribution in [1.29, 1.82) is 0 Å². The maximum atomic E-state index is 12.6. The highest BCUT2D eigenvalue weighted by Crippen LogP contribution is 2.24. The second-order valence-electron chi connectivity index (χ2n) is 10.5. The van der Waals surface area contributed by atoms with Crippen molar-refractivity contribution < 1.29 is 9.53 Å². The molecule has 1 N–H and O–H groups in total. The van der Waals surface area contributed by atoms with Crippen LogP contribution in [0.5, 0.6) is 0 Å².